The summed E-state index contributed by atoms with van der Waals surface area (Å²) in [6.45, 7) is 5.27. The van der Waals surface area contributed by atoms with E-state index in [-0.39, 0.29) is 6.04 Å². The van der Waals surface area contributed by atoms with Gasteiger partial charge in [0.1, 0.15) is 5.82 Å². The van der Waals surface area contributed by atoms with Crippen LogP contribution in [0.1, 0.15) is 36.3 Å². The maximum absolute atomic E-state index is 4.50. The molecule has 0 aliphatic heterocycles. The van der Waals surface area contributed by atoms with E-state index in [1.807, 2.05) is 37.9 Å². The van der Waals surface area contributed by atoms with E-state index in [1.54, 1.807) is 0 Å². The second-order valence-electron chi connectivity index (χ2n) is 4.43. The maximum atomic E-state index is 4.50. The van der Waals surface area contributed by atoms with Crippen molar-refractivity contribution in [3.63, 3.8) is 0 Å². The van der Waals surface area contributed by atoms with Crippen molar-refractivity contribution >= 4 is 0 Å². The Morgan fingerprint density at radius 3 is 2.89 bits per heavy atom. The van der Waals surface area contributed by atoms with Crippen LogP contribution in [0, 0.1) is 6.92 Å². The molecule has 0 radical (unpaired) electrons. The SMILES string of the molecule is CCCn1ccnc1C(NC)c1cnccc1C. The zero-order valence-electron chi connectivity index (χ0n) is 11.2. The van der Waals surface area contributed by atoms with Gasteiger partial charge in [-0.1, -0.05) is 6.92 Å². The monoisotopic (exact) mass is 244 g/mol. The molecular formula is C14H20N4. The average Bonchev–Trinajstić information content (AvgIpc) is 2.82. The third-order valence-corrected chi connectivity index (χ3v) is 3.15. The minimum Gasteiger partial charge on any atom is -0.333 e. The number of hydrogen-bond acceptors (Lipinski definition) is 3. The van der Waals surface area contributed by atoms with Crippen LogP contribution in [0.5, 0.6) is 0 Å². The third-order valence-electron chi connectivity index (χ3n) is 3.15. The highest BCUT2D eigenvalue weighted by molar-refractivity contribution is 5.30. The van der Waals surface area contributed by atoms with Crippen molar-refractivity contribution in [3.05, 3.63) is 47.8 Å². The largest absolute Gasteiger partial charge is 0.333 e. The van der Waals surface area contributed by atoms with Crippen molar-refractivity contribution in [1.82, 2.24) is 19.9 Å². The molecule has 1 unspecified atom stereocenters. The van der Waals surface area contributed by atoms with Gasteiger partial charge in [-0.15, -0.1) is 0 Å². The molecule has 2 rings (SSSR count). The van der Waals surface area contributed by atoms with E-state index in [2.05, 4.69) is 33.7 Å². The van der Waals surface area contributed by atoms with E-state index in [4.69, 9.17) is 0 Å². The van der Waals surface area contributed by atoms with Crippen LogP contribution < -0.4 is 5.32 Å². The van der Waals surface area contributed by atoms with Gasteiger partial charge in [-0.2, -0.15) is 0 Å². The topological polar surface area (TPSA) is 42.7 Å². The minimum absolute atomic E-state index is 0.0975. The number of aryl methyl sites for hydroxylation is 2. The van der Waals surface area contributed by atoms with Gasteiger partial charge in [-0.05, 0) is 37.6 Å². The summed E-state index contributed by atoms with van der Waals surface area (Å²) in [5.74, 6) is 1.05. The van der Waals surface area contributed by atoms with Gasteiger partial charge >= 0.3 is 0 Å². The van der Waals surface area contributed by atoms with Crippen LogP contribution in [0.3, 0.4) is 0 Å². The van der Waals surface area contributed by atoms with E-state index in [0.717, 1.165) is 18.8 Å². The second-order valence-corrected chi connectivity index (χ2v) is 4.43. The first-order valence-electron chi connectivity index (χ1n) is 6.36. The Hall–Kier alpha value is -1.68. The van der Waals surface area contributed by atoms with Gasteiger partial charge in [-0.3, -0.25) is 4.98 Å². The molecule has 2 aromatic rings. The van der Waals surface area contributed by atoms with Crippen LogP contribution in [0.4, 0.5) is 0 Å². The minimum atomic E-state index is 0.0975. The summed E-state index contributed by atoms with van der Waals surface area (Å²) in [6, 6.07) is 2.13. The molecule has 0 saturated carbocycles. The summed E-state index contributed by atoms with van der Waals surface area (Å²) in [5.41, 5.74) is 2.42. The Morgan fingerprint density at radius 1 is 1.39 bits per heavy atom. The average molecular weight is 244 g/mol. The number of nitrogens with one attached hydrogen (secondary N) is 1. The lowest BCUT2D eigenvalue weighted by atomic mass is 10.0. The van der Waals surface area contributed by atoms with Crippen LogP contribution in [-0.2, 0) is 6.54 Å². The van der Waals surface area contributed by atoms with Gasteiger partial charge < -0.3 is 9.88 Å². The molecule has 18 heavy (non-hydrogen) atoms. The first kappa shape index (κ1) is 12.8. The normalized spacial score (nSPS) is 12.6. The Labute approximate surface area is 108 Å². The molecule has 0 aliphatic rings. The van der Waals surface area contributed by atoms with Crippen molar-refractivity contribution in [2.75, 3.05) is 7.05 Å². The zero-order valence-corrected chi connectivity index (χ0v) is 11.2. The lowest BCUT2D eigenvalue weighted by Gasteiger charge is -2.19. The quantitative estimate of drug-likeness (QED) is 0.877. The fourth-order valence-electron chi connectivity index (χ4n) is 2.21. The Morgan fingerprint density at radius 2 is 2.22 bits per heavy atom. The molecule has 0 spiro atoms. The van der Waals surface area contributed by atoms with Crippen molar-refractivity contribution < 1.29 is 0 Å². The Kier molecular flexibility index (Phi) is 4.10. The van der Waals surface area contributed by atoms with Crippen LogP contribution >= 0.6 is 0 Å². The van der Waals surface area contributed by atoms with E-state index < -0.39 is 0 Å². The molecule has 1 N–H and O–H groups in total. The van der Waals surface area contributed by atoms with Gasteiger partial charge in [-0.25, -0.2) is 4.98 Å². The number of rotatable bonds is 5. The predicted octanol–water partition coefficient (Wildman–Crippen LogP) is 2.31. The Bertz CT molecular complexity index is 504. The standard InChI is InChI=1S/C14H20N4/c1-4-8-18-9-7-17-14(18)13(15-3)12-10-16-6-5-11(12)2/h5-7,9-10,13,15H,4,8H2,1-3H3. The molecule has 2 aromatic heterocycles. The zero-order chi connectivity index (χ0) is 13.0. The van der Waals surface area contributed by atoms with Gasteiger partial charge in [0.05, 0.1) is 6.04 Å². The molecule has 96 valence electrons. The highest BCUT2D eigenvalue weighted by Gasteiger charge is 2.18. The Balaban J connectivity index is 2.39. The lowest BCUT2D eigenvalue weighted by Crippen LogP contribution is -2.23. The van der Waals surface area contributed by atoms with Crippen molar-refractivity contribution in [2.24, 2.45) is 0 Å². The van der Waals surface area contributed by atoms with Crippen LogP contribution in [-0.4, -0.2) is 21.6 Å². The summed E-state index contributed by atoms with van der Waals surface area (Å²) in [7, 11) is 1.96. The molecule has 4 heteroatoms. The summed E-state index contributed by atoms with van der Waals surface area (Å²) >= 11 is 0. The molecule has 0 bridgehead atoms. The van der Waals surface area contributed by atoms with Crippen LogP contribution in [0.15, 0.2) is 30.9 Å². The molecule has 0 aromatic carbocycles. The number of imidazole rings is 1. The van der Waals surface area contributed by atoms with Gasteiger partial charge in [0.2, 0.25) is 0 Å². The molecule has 4 nitrogen and oxygen atoms in total. The number of nitrogens with zero attached hydrogens (tertiary/aromatic N) is 3. The van der Waals surface area contributed by atoms with E-state index in [9.17, 15) is 0 Å². The second kappa shape index (κ2) is 5.78. The molecule has 0 saturated heterocycles. The fraction of sp³-hybridized carbons (Fsp3) is 0.429. The molecule has 0 amide bonds. The van der Waals surface area contributed by atoms with Crippen LogP contribution in [0.25, 0.3) is 0 Å². The predicted molar refractivity (Wildman–Crippen MR) is 72.4 cm³/mol. The smallest absolute Gasteiger partial charge is 0.130 e. The third kappa shape index (κ3) is 2.43. The number of pyridine rings is 1. The molecular weight excluding hydrogens is 224 g/mol. The van der Waals surface area contributed by atoms with E-state index in [0.29, 0.717) is 0 Å². The highest BCUT2D eigenvalue weighted by atomic mass is 15.1. The van der Waals surface area contributed by atoms with Crippen molar-refractivity contribution in [2.45, 2.75) is 32.9 Å². The summed E-state index contributed by atoms with van der Waals surface area (Å²) in [5, 5.41) is 3.34. The molecule has 1 atom stereocenters. The summed E-state index contributed by atoms with van der Waals surface area (Å²) in [6.07, 6.45) is 8.74. The maximum Gasteiger partial charge on any atom is 0.130 e. The molecule has 0 aliphatic carbocycles. The lowest BCUT2D eigenvalue weighted by molar-refractivity contribution is 0.565. The van der Waals surface area contributed by atoms with Gasteiger partial charge in [0, 0.05) is 31.3 Å². The summed E-state index contributed by atoms with van der Waals surface area (Å²) in [4.78, 5) is 8.72. The van der Waals surface area contributed by atoms with E-state index >= 15 is 0 Å². The van der Waals surface area contributed by atoms with Crippen molar-refractivity contribution in [3.8, 4) is 0 Å². The van der Waals surface area contributed by atoms with Crippen LogP contribution in [0.2, 0.25) is 0 Å². The number of hydrogen-bond donors (Lipinski definition) is 1. The number of aromatic nitrogens is 3. The van der Waals surface area contributed by atoms with Gasteiger partial charge in [0.15, 0.2) is 0 Å². The molecule has 0 fully saturated rings. The first-order chi connectivity index (χ1) is 8.77. The summed E-state index contributed by atoms with van der Waals surface area (Å²) < 4.78 is 2.20. The highest BCUT2D eigenvalue weighted by Crippen LogP contribution is 2.22. The van der Waals surface area contributed by atoms with Crippen molar-refractivity contribution in [1.29, 1.82) is 0 Å². The first-order valence-corrected chi connectivity index (χ1v) is 6.36. The fourth-order valence-corrected chi connectivity index (χ4v) is 2.21. The molecule has 2 heterocycles. The van der Waals surface area contributed by atoms with Gasteiger partial charge in [0.25, 0.3) is 0 Å². The van der Waals surface area contributed by atoms with E-state index in [1.165, 1.54) is 11.1 Å².